The summed E-state index contributed by atoms with van der Waals surface area (Å²) in [5.41, 5.74) is 5.68. The number of sulfonamides is 1. The molecule has 2 rings (SSSR count). The predicted octanol–water partition coefficient (Wildman–Crippen LogP) is 1.59. The number of hydrogen-bond acceptors (Lipinski definition) is 4. The zero-order valence-corrected chi connectivity index (χ0v) is 12.8. The minimum absolute atomic E-state index is 0.00387. The van der Waals surface area contributed by atoms with Crippen LogP contribution in [0.5, 0.6) is 0 Å². The Morgan fingerprint density at radius 1 is 1.33 bits per heavy atom. The van der Waals surface area contributed by atoms with E-state index in [1.807, 2.05) is 0 Å². The highest BCUT2D eigenvalue weighted by molar-refractivity contribution is 7.89. The molecular formula is C13H17ClN2O4S. The fraction of sp³-hybridized carbons (Fsp3) is 0.462. The minimum atomic E-state index is -3.82. The van der Waals surface area contributed by atoms with Crippen molar-refractivity contribution in [3.05, 3.63) is 28.8 Å². The Morgan fingerprint density at radius 3 is 2.62 bits per heavy atom. The Morgan fingerprint density at radius 2 is 2.00 bits per heavy atom. The second-order valence-corrected chi connectivity index (χ2v) is 7.24. The number of carbonyl (C=O) groups is 1. The van der Waals surface area contributed by atoms with E-state index in [1.54, 1.807) is 0 Å². The summed E-state index contributed by atoms with van der Waals surface area (Å²) < 4.78 is 27.2. The molecule has 0 heterocycles. The fourth-order valence-electron chi connectivity index (χ4n) is 2.41. The van der Waals surface area contributed by atoms with Crippen molar-refractivity contribution in [3.63, 3.8) is 0 Å². The van der Waals surface area contributed by atoms with Crippen molar-refractivity contribution in [2.24, 2.45) is 5.73 Å². The molecule has 1 fully saturated rings. The van der Waals surface area contributed by atoms with Gasteiger partial charge in [0.15, 0.2) is 0 Å². The number of benzene rings is 1. The number of aromatic carboxylic acids is 1. The molecule has 2 atom stereocenters. The van der Waals surface area contributed by atoms with Gasteiger partial charge in [-0.25, -0.2) is 17.9 Å². The summed E-state index contributed by atoms with van der Waals surface area (Å²) >= 11 is 5.74. The molecule has 1 aliphatic rings. The third kappa shape index (κ3) is 3.74. The lowest BCUT2D eigenvalue weighted by molar-refractivity contribution is 0.0697. The van der Waals surface area contributed by atoms with Crippen LogP contribution < -0.4 is 10.5 Å². The lowest BCUT2D eigenvalue weighted by Gasteiger charge is -2.29. The molecule has 1 aromatic carbocycles. The van der Waals surface area contributed by atoms with Crippen LogP contribution in [0.25, 0.3) is 0 Å². The topological polar surface area (TPSA) is 109 Å². The Balaban J connectivity index is 2.27. The summed E-state index contributed by atoms with van der Waals surface area (Å²) in [6, 6.07) is 3.06. The van der Waals surface area contributed by atoms with E-state index in [4.69, 9.17) is 22.4 Å². The Bertz CT molecular complexity index is 648. The first-order valence-electron chi connectivity index (χ1n) is 6.62. The molecule has 0 radical (unpaired) electrons. The van der Waals surface area contributed by atoms with Crippen molar-refractivity contribution in [3.8, 4) is 0 Å². The smallest absolute Gasteiger partial charge is 0.337 e. The summed E-state index contributed by atoms with van der Waals surface area (Å²) in [6.07, 6.45) is 3.36. The average molecular weight is 333 g/mol. The second-order valence-electron chi connectivity index (χ2n) is 5.12. The molecule has 0 bridgehead atoms. The molecule has 0 spiro atoms. The van der Waals surface area contributed by atoms with Crippen LogP contribution in [0.15, 0.2) is 23.1 Å². The monoisotopic (exact) mass is 332 g/mol. The number of rotatable bonds is 4. The molecular weight excluding hydrogens is 316 g/mol. The first-order chi connectivity index (χ1) is 9.81. The van der Waals surface area contributed by atoms with Crippen molar-refractivity contribution in [1.29, 1.82) is 0 Å². The second kappa shape index (κ2) is 6.31. The molecule has 116 valence electrons. The zero-order valence-electron chi connectivity index (χ0n) is 11.3. The van der Waals surface area contributed by atoms with E-state index < -0.39 is 16.0 Å². The van der Waals surface area contributed by atoms with Crippen LogP contribution in [0.4, 0.5) is 0 Å². The molecule has 2 unspecified atom stereocenters. The van der Waals surface area contributed by atoms with Gasteiger partial charge in [0.25, 0.3) is 0 Å². The van der Waals surface area contributed by atoms with Gasteiger partial charge in [-0.3, -0.25) is 0 Å². The van der Waals surface area contributed by atoms with Gasteiger partial charge in [0.1, 0.15) is 0 Å². The van der Waals surface area contributed by atoms with E-state index in [1.165, 1.54) is 12.1 Å². The molecule has 21 heavy (non-hydrogen) atoms. The molecule has 8 heteroatoms. The van der Waals surface area contributed by atoms with E-state index in [0.717, 1.165) is 25.3 Å². The van der Waals surface area contributed by atoms with Gasteiger partial charge in [-0.2, -0.15) is 0 Å². The number of hydrogen-bond donors (Lipinski definition) is 3. The molecule has 0 aromatic heterocycles. The molecule has 0 aliphatic heterocycles. The first kappa shape index (κ1) is 16.2. The van der Waals surface area contributed by atoms with E-state index in [9.17, 15) is 13.2 Å². The standard InChI is InChI=1S/C13H17ClN2O4S/c14-10-6-5-8(7-9(10)13(17)18)21(19,20)16-12-4-2-1-3-11(12)15/h5-7,11-12,16H,1-4,15H2,(H,17,18). The fourth-order valence-corrected chi connectivity index (χ4v) is 3.95. The van der Waals surface area contributed by atoms with Crippen LogP contribution in [-0.2, 0) is 10.0 Å². The third-order valence-electron chi connectivity index (χ3n) is 3.60. The summed E-state index contributed by atoms with van der Waals surface area (Å²) in [7, 11) is -3.82. The summed E-state index contributed by atoms with van der Waals surface area (Å²) in [4.78, 5) is 10.9. The normalized spacial score (nSPS) is 23.0. The van der Waals surface area contributed by atoms with Crippen molar-refractivity contribution in [2.45, 2.75) is 42.7 Å². The van der Waals surface area contributed by atoms with Crippen molar-refractivity contribution < 1.29 is 18.3 Å². The van der Waals surface area contributed by atoms with Crippen molar-refractivity contribution in [1.82, 2.24) is 4.72 Å². The average Bonchev–Trinajstić information content (AvgIpc) is 2.41. The Kier molecular flexibility index (Phi) is 4.88. The maximum absolute atomic E-state index is 12.3. The quantitative estimate of drug-likeness (QED) is 0.775. The van der Waals surface area contributed by atoms with Gasteiger partial charge < -0.3 is 10.8 Å². The number of halogens is 1. The van der Waals surface area contributed by atoms with Gasteiger partial charge in [-0.05, 0) is 31.0 Å². The van der Waals surface area contributed by atoms with E-state index >= 15 is 0 Å². The highest BCUT2D eigenvalue weighted by atomic mass is 35.5. The van der Waals surface area contributed by atoms with E-state index in [0.29, 0.717) is 6.42 Å². The Labute approximate surface area is 128 Å². The van der Waals surface area contributed by atoms with Crippen LogP contribution in [-0.4, -0.2) is 31.6 Å². The molecule has 6 nitrogen and oxygen atoms in total. The highest BCUT2D eigenvalue weighted by Gasteiger charge is 2.27. The highest BCUT2D eigenvalue weighted by Crippen LogP contribution is 2.23. The molecule has 4 N–H and O–H groups in total. The van der Waals surface area contributed by atoms with Gasteiger partial charge in [0.2, 0.25) is 10.0 Å². The van der Waals surface area contributed by atoms with Gasteiger partial charge in [0, 0.05) is 12.1 Å². The predicted molar refractivity (Wildman–Crippen MR) is 79.0 cm³/mol. The lowest BCUT2D eigenvalue weighted by atomic mass is 9.92. The van der Waals surface area contributed by atoms with Crippen LogP contribution in [0.3, 0.4) is 0 Å². The SMILES string of the molecule is NC1CCCCC1NS(=O)(=O)c1ccc(Cl)c(C(=O)O)c1. The van der Waals surface area contributed by atoms with Crippen molar-refractivity contribution in [2.75, 3.05) is 0 Å². The van der Waals surface area contributed by atoms with Gasteiger partial charge in [-0.1, -0.05) is 24.4 Å². The lowest BCUT2D eigenvalue weighted by Crippen LogP contribution is -2.49. The van der Waals surface area contributed by atoms with Gasteiger partial charge >= 0.3 is 5.97 Å². The van der Waals surface area contributed by atoms with Crippen LogP contribution in [0.1, 0.15) is 36.0 Å². The third-order valence-corrected chi connectivity index (χ3v) is 5.42. The van der Waals surface area contributed by atoms with Crippen molar-refractivity contribution >= 4 is 27.6 Å². The van der Waals surface area contributed by atoms with Crippen LogP contribution in [0.2, 0.25) is 5.02 Å². The number of carboxylic acid groups (broad SMARTS) is 1. The van der Waals surface area contributed by atoms with E-state index in [2.05, 4.69) is 4.72 Å². The molecule has 1 aromatic rings. The summed E-state index contributed by atoms with van der Waals surface area (Å²) in [6.45, 7) is 0. The molecule has 1 aliphatic carbocycles. The zero-order chi connectivity index (χ0) is 15.6. The summed E-state index contributed by atoms with van der Waals surface area (Å²) in [5, 5.41) is 9.00. The molecule has 1 saturated carbocycles. The molecule has 0 saturated heterocycles. The maximum atomic E-state index is 12.3. The van der Waals surface area contributed by atoms with Crippen LogP contribution >= 0.6 is 11.6 Å². The molecule has 0 amide bonds. The largest absolute Gasteiger partial charge is 0.478 e. The minimum Gasteiger partial charge on any atom is -0.478 e. The summed E-state index contributed by atoms with van der Waals surface area (Å²) in [5.74, 6) is -1.27. The first-order valence-corrected chi connectivity index (χ1v) is 8.48. The van der Waals surface area contributed by atoms with E-state index in [-0.39, 0.29) is 27.6 Å². The Hall–Kier alpha value is -1.15. The van der Waals surface area contributed by atoms with Gasteiger partial charge in [0.05, 0.1) is 15.5 Å². The van der Waals surface area contributed by atoms with Crippen LogP contribution in [0, 0.1) is 0 Å². The van der Waals surface area contributed by atoms with Gasteiger partial charge in [-0.15, -0.1) is 0 Å². The number of nitrogens with two attached hydrogens (primary N) is 1. The maximum Gasteiger partial charge on any atom is 0.337 e. The number of nitrogens with one attached hydrogen (secondary N) is 1. The number of carboxylic acids is 1.